The number of phenolic OH excluding ortho intramolecular Hbond substituents is 1. The van der Waals surface area contributed by atoms with E-state index in [1.165, 1.54) is 20.5 Å². The number of methoxy groups -OCH3 is 2. The second-order valence-electron chi connectivity index (χ2n) is 9.54. The molecule has 1 aromatic rings. The Bertz CT molecular complexity index is 1040. The molecule has 0 aromatic heterocycles. The highest BCUT2D eigenvalue weighted by atomic mass is 16.8. The van der Waals surface area contributed by atoms with Gasteiger partial charge in [0.25, 0.3) is 0 Å². The number of aliphatic hydroxyl groups is 4. The number of carbonyl (C=O) groups is 1. The van der Waals surface area contributed by atoms with Crippen LogP contribution in [0, 0.1) is 11.8 Å². The molecular formula is C26H35NO11. The normalized spacial score (nSPS) is 34.9. The largest absolute Gasteiger partial charge is 0.504 e. The zero-order valence-electron chi connectivity index (χ0n) is 21.2. The number of ether oxygens (including phenoxy) is 5. The number of hydrogen-bond acceptors (Lipinski definition) is 12. The number of aromatic hydroxyl groups is 1. The maximum absolute atomic E-state index is 12.7. The minimum absolute atomic E-state index is 0.000223. The molecule has 12 nitrogen and oxygen atoms in total. The maximum atomic E-state index is 12.7. The van der Waals surface area contributed by atoms with Crippen molar-refractivity contribution in [3.8, 4) is 11.5 Å². The molecule has 210 valence electrons. The third kappa shape index (κ3) is 5.38. The van der Waals surface area contributed by atoms with Crippen LogP contribution in [0.3, 0.4) is 0 Å². The van der Waals surface area contributed by atoms with Gasteiger partial charge in [0.2, 0.25) is 6.29 Å². The fourth-order valence-corrected chi connectivity index (χ4v) is 5.31. The van der Waals surface area contributed by atoms with E-state index in [-0.39, 0.29) is 17.4 Å². The SMILES string of the molecule is C=C[C@H]1[C@H](O[C@@H]2O[C@H](CO)[C@@H](O)[C@H](O)[C@H]2O)OC=C(C(=O)OC)[C@H]1C[C@H]1NCCc2cc(OC)c(O)cc21. The second kappa shape index (κ2) is 12.0. The van der Waals surface area contributed by atoms with Crippen molar-refractivity contribution in [3.05, 3.63) is 47.7 Å². The Morgan fingerprint density at radius 1 is 1.18 bits per heavy atom. The molecule has 0 amide bonds. The van der Waals surface area contributed by atoms with Crippen molar-refractivity contribution in [2.75, 3.05) is 27.4 Å². The fourth-order valence-electron chi connectivity index (χ4n) is 5.31. The highest BCUT2D eigenvalue weighted by Gasteiger charge is 2.48. The van der Waals surface area contributed by atoms with Gasteiger partial charge < -0.3 is 54.5 Å². The summed E-state index contributed by atoms with van der Waals surface area (Å²) in [6.45, 7) is 3.95. The molecule has 1 aromatic carbocycles. The Kier molecular flexibility index (Phi) is 8.93. The first kappa shape index (κ1) is 28.3. The van der Waals surface area contributed by atoms with Crippen molar-refractivity contribution in [1.29, 1.82) is 0 Å². The number of rotatable bonds is 8. The van der Waals surface area contributed by atoms with Crippen LogP contribution in [0.25, 0.3) is 0 Å². The molecular weight excluding hydrogens is 502 g/mol. The van der Waals surface area contributed by atoms with Crippen molar-refractivity contribution in [3.63, 3.8) is 0 Å². The summed E-state index contributed by atoms with van der Waals surface area (Å²) >= 11 is 0. The standard InChI is InChI=1S/C26H35NO11/c1-4-13-15(8-17-14-9-18(29)19(34-2)7-12(14)5-6-27-17)16(24(33)35-3)11-36-25(13)38-26-23(32)22(31)21(30)20(10-28)37-26/h4,7,9,11,13,15,17,20-23,25-32H,1,5-6,8,10H2,2-3H3/t13-,15+,17-,20-,21-,22+,23-,25+,26+/m1/s1. The topological polar surface area (TPSA) is 176 Å². The van der Waals surface area contributed by atoms with E-state index in [2.05, 4.69) is 11.9 Å². The molecule has 3 aliphatic heterocycles. The number of esters is 1. The average molecular weight is 538 g/mol. The van der Waals surface area contributed by atoms with E-state index in [1.54, 1.807) is 18.2 Å². The minimum Gasteiger partial charge on any atom is -0.504 e. The van der Waals surface area contributed by atoms with E-state index in [9.17, 15) is 30.3 Å². The Labute approximate surface area is 220 Å². The third-order valence-electron chi connectivity index (χ3n) is 7.41. The summed E-state index contributed by atoms with van der Waals surface area (Å²) in [5.41, 5.74) is 2.11. The lowest BCUT2D eigenvalue weighted by Crippen LogP contribution is -2.60. The predicted octanol–water partition coefficient (Wildman–Crippen LogP) is -0.374. The summed E-state index contributed by atoms with van der Waals surface area (Å²) in [5.74, 6) is -1.39. The zero-order valence-corrected chi connectivity index (χ0v) is 21.2. The van der Waals surface area contributed by atoms with Crippen molar-refractivity contribution >= 4 is 5.97 Å². The van der Waals surface area contributed by atoms with E-state index in [0.29, 0.717) is 18.7 Å². The lowest BCUT2D eigenvalue weighted by Gasteiger charge is -2.43. The number of carbonyl (C=O) groups excluding carboxylic acids is 1. The molecule has 6 N–H and O–H groups in total. The summed E-state index contributed by atoms with van der Waals surface area (Å²) in [7, 11) is 2.75. The lowest BCUT2D eigenvalue weighted by molar-refractivity contribution is -0.339. The van der Waals surface area contributed by atoms with E-state index in [4.69, 9.17) is 23.7 Å². The Morgan fingerprint density at radius 3 is 2.61 bits per heavy atom. The van der Waals surface area contributed by atoms with Crippen LogP contribution in [0.5, 0.6) is 11.5 Å². The van der Waals surface area contributed by atoms with Crippen molar-refractivity contribution in [2.45, 2.75) is 55.9 Å². The Hall–Kier alpha value is -2.71. The van der Waals surface area contributed by atoms with Crippen LogP contribution in [-0.2, 0) is 30.2 Å². The van der Waals surface area contributed by atoms with Crippen LogP contribution in [0.2, 0.25) is 0 Å². The van der Waals surface area contributed by atoms with E-state index < -0.39 is 61.4 Å². The predicted molar refractivity (Wildman–Crippen MR) is 131 cm³/mol. The summed E-state index contributed by atoms with van der Waals surface area (Å²) in [4.78, 5) is 12.7. The van der Waals surface area contributed by atoms with Gasteiger partial charge in [0, 0.05) is 17.9 Å². The molecule has 0 bridgehead atoms. The summed E-state index contributed by atoms with van der Waals surface area (Å²) < 4.78 is 27.3. The van der Waals surface area contributed by atoms with Gasteiger partial charge >= 0.3 is 5.97 Å². The number of phenols is 1. The zero-order chi connectivity index (χ0) is 27.6. The van der Waals surface area contributed by atoms with Crippen molar-refractivity contribution < 1.29 is 54.0 Å². The van der Waals surface area contributed by atoms with E-state index in [0.717, 1.165) is 17.5 Å². The number of fused-ring (bicyclic) bond motifs is 1. The van der Waals surface area contributed by atoms with Crippen molar-refractivity contribution in [1.82, 2.24) is 5.32 Å². The molecule has 1 fully saturated rings. The van der Waals surface area contributed by atoms with Gasteiger partial charge in [0.1, 0.15) is 24.4 Å². The van der Waals surface area contributed by atoms with Gasteiger partial charge in [0.05, 0.1) is 32.7 Å². The number of benzene rings is 1. The lowest BCUT2D eigenvalue weighted by atomic mass is 9.77. The highest BCUT2D eigenvalue weighted by Crippen LogP contribution is 2.42. The third-order valence-corrected chi connectivity index (χ3v) is 7.41. The van der Waals surface area contributed by atoms with Crippen LogP contribution in [-0.4, -0.2) is 95.9 Å². The van der Waals surface area contributed by atoms with Crippen LogP contribution < -0.4 is 10.1 Å². The van der Waals surface area contributed by atoms with Gasteiger partial charge in [-0.2, -0.15) is 0 Å². The first-order valence-electron chi connectivity index (χ1n) is 12.4. The Balaban J connectivity index is 1.62. The number of nitrogens with one attached hydrogen (secondary N) is 1. The van der Waals surface area contributed by atoms with Gasteiger partial charge in [-0.25, -0.2) is 4.79 Å². The van der Waals surface area contributed by atoms with Crippen molar-refractivity contribution in [2.24, 2.45) is 11.8 Å². The van der Waals surface area contributed by atoms with Gasteiger partial charge in [0.15, 0.2) is 17.8 Å². The van der Waals surface area contributed by atoms with Crippen LogP contribution >= 0.6 is 0 Å². The fraction of sp³-hybridized carbons (Fsp3) is 0.577. The van der Waals surface area contributed by atoms with Crippen LogP contribution in [0.4, 0.5) is 0 Å². The molecule has 0 saturated carbocycles. The smallest absolute Gasteiger partial charge is 0.337 e. The molecule has 12 heteroatoms. The molecule has 0 spiro atoms. The molecule has 9 atom stereocenters. The quantitative estimate of drug-likeness (QED) is 0.188. The van der Waals surface area contributed by atoms with E-state index >= 15 is 0 Å². The average Bonchev–Trinajstić information content (AvgIpc) is 2.93. The number of aliphatic hydroxyl groups excluding tert-OH is 4. The molecule has 3 aliphatic rings. The molecule has 0 radical (unpaired) electrons. The Morgan fingerprint density at radius 2 is 1.95 bits per heavy atom. The molecule has 4 rings (SSSR count). The van der Waals surface area contributed by atoms with Gasteiger partial charge in [-0.3, -0.25) is 0 Å². The first-order valence-corrected chi connectivity index (χ1v) is 12.4. The highest BCUT2D eigenvalue weighted by molar-refractivity contribution is 5.89. The minimum atomic E-state index is -1.63. The van der Waals surface area contributed by atoms with Crippen LogP contribution in [0.15, 0.2) is 36.6 Å². The molecule has 38 heavy (non-hydrogen) atoms. The molecule has 0 unspecified atom stereocenters. The second-order valence-corrected chi connectivity index (χ2v) is 9.54. The maximum Gasteiger partial charge on any atom is 0.337 e. The number of hydrogen-bond donors (Lipinski definition) is 6. The van der Waals surface area contributed by atoms with Crippen LogP contribution in [0.1, 0.15) is 23.6 Å². The monoisotopic (exact) mass is 537 g/mol. The van der Waals surface area contributed by atoms with Gasteiger partial charge in [-0.1, -0.05) is 6.08 Å². The summed E-state index contributed by atoms with van der Waals surface area (Å²) in [6, 6.07) is 3.19. The summed E-state index contributed by atoms with van der Waals surface area (Å²) in [5, 5.41) is 54.0. The molecule has 0 aliphatic carbocycles. The summed E-state index contributed by atoms with van der Waals surface area (Å²) in [6.07, 6.45) is -4.60. The van der Waals surface area contributed by atoms with Gasteiger partial charge in [-0.15, -0.1) is 6.58 Å². The molecule has 3 heterocycles. The first-order chi connectivity index (χ1) is 18.2. The van der Waals surface area contributed by atoms with Gasteiger partial charge in [-0.05, 0) is 42.6 Å². The molecule has 1 saturated heterocycles. The van der Waals surface area contributed by atoms with E-state index in [1.807, 2.05) is 0 Å².